The fourth-order valence-electron chi connectivity index (χ4n) is 1.93. The third-order valence-electron chi connectivity index (χ3n) is 3.17. The van der Waals surface area contributed by atoms with E-state index in [0.717, 1.165) is 28.3 Å². The van der Waals surface area contributed by atoms with Crippen LogP contribution in [0.2, 0.25) is 5.02 Å². The van der Waals surface area contributed by atoms with Gasteiger partial charge in [0.05, 0.1) is 7.11 Å². The van der Waals surface area contributed by atoms with Crippen molar-refractivity contribution in [2.75, 3.05) is 13.7 Å². The molecule has 22 heavy (non-hydrogen) atoms. The van der Waals surface area contributed by atoms with Crippen LogP contribution in [0.15, 0.2) is 54.6 Å². The van der Waals surface area contributed by atoms with Crippen molar-refractivity contribution in [2.24, 2.45) is 0 Å². The smallest absolute Gasteiger partial charge is 0.244 e. The van der Waals surface area contributed by atoms with Crippen molar-refractivity contribution in [3.05, 3.63) is 70.8 Å². The molecule has 114 valence electrons. The number of carbonyl (C=O) groups excluding carboxylic acids is 1. The number of hydrogen-bond donors (Lipinski definition) is 1. The van der Waals surface area contributed by atoms with Gasteiger partial charge in [-0.3, -0.25) is 4.79 Å². The van der Waals surface area contributed by atoms with E-state index in [1.165, 1.54) is 6.08 Å². The van der Waals surface area contributed by atoms with Crippen molar-refractivity contribution in [1.29, 1.82) is 0 Å². The summed E-state index contributed by atoms with van der Waals surface area (Å²) in [5.41, 5.74) is 2.09. The first-order valence-electron chi connectivity index (χ1n) is 7.02. The van der Waals surface area contributed by atoms with Gasteiger partial charge in [-0.15, -0.1) is 0 Å². The molecule has 0 saturated carbocycles. The summed E-state index contributed by atoms with van der Waals surface area (Å²) >= 11 is 5.83. The Morgan fingerprint density at radius 1 is 1.14 bits per heavy atom. The van der Waals surface area contributed by atoms with Crippen molar-refractivity contribution in [3.8, 4) is 5.75 Å². The molecule has 0 unspecified atom stereocenters. The molecule has 0 aliphatic heterocycles. The number of nitrogens with one attached hydrogen (secondary N) is 1. The zero-order valence-electron chi connectivity index (χ0n) is 12.4. The summed E-state index contributed by atoms with van der Waals surface area (Å²) in [6.45, 7) is 0.591. The van der Waals surface area contributed by atoms with Crippen molar-refractivity contribution in [1.82, 2.24) is 5.32 Å². The third-order valence-corrected chi connectivity index (χ3v) is 3.42. The number of amides is 1. The van der Waals surface area contributed by atoms with E-state index in [0.29, 0.717) is 6.54 Å². The Labute approximate surface area is 135 Å². The Bertz CT molecular complexity index is 633. The van der Waals surface area contributed by atoms with Crippen LogP contribution < -0.4 is 10.1 Å². The maximum Gasteiger partial charge on any atom is 0.244 e. The van der Waals surface area contributed by atoms with Crippen LogP contribution in [0.5, 0.6) is 5.75 Å². The minimum atomic E-state index is -0.107. The number of hydrogen-bond acceptors (Lipinski definition) is 2. The molecular weight excluding hydrogens is 298 g/mol. The Balaban J connectivity index is 1.77. The fourth-order valence-corrected chi connectivity index (χ4v) is 2.05. The predicted molar refractivity (Wildman–Crippen MR) is 90.2 cm³/mol. The van der Waals surface area contributed by atoms with Gasteiger partial charge in [-0.25, -0.2) is 0 Å². The van der Waals surface area contributed by atoms with Crippen LogP contribution in [0.4, 0.5) is 0 Å². The zero-order valence-corrected chi connectivity index (χ0v) is 13.1. The topological polar surface area (TPSA) is 38.3 Å². The fraction of sp³-hybridized carbons (Fsp3) is 0.167. The third kappa shape index (κ3) is 5.26. The molecule has 0 heterocycles. The molecule has 1 N–H and O–H groups in total. The summed E-state index contributed by atoms with van der Waals surface area (Å²) in [7, 11) is 1.62. The molecule has 1 amide bonds. The summed E-state index contributed by atoms with van der Waals surface area (Å²) < 4.78 is 5.09. The lowest BCUT2D eigenvalue weighted by atomic mass is 10.1. The Kier molecular flexibility index (Phi) is 6.04. The van der Waals surface area contributed by atoms with Crippen LogP contribution in [-0.2, 0) is 11.2 Å². The van der Waals surface area contributed by atoms with E-state index in [1.807, 2.05) is 48.5 Å². The summed E-state index contributed by atoms with van der Waals surface area (Å²) in [5.74, 6) is 0.689. The molecule has 4 heteroatoms. The van der Waals surface area contributed by atoms with Gasteiger partial charge in [0.15, 0.2) is 0 Å². The van der Waals surface area contributed by atoms with E-state index in [-0.39, 0.29) is 5.91 Å². The largest absolute Gasteiger partial charge is 0.497 e. The molecule has 0 saturated heterocycles. The monoisotopic (exact) mass is 315 g/mol. The van der Waals surface area contributed by atoms with Crippen molar-refractivity contribution >= 4 is 23.6 Å². The molecule has 0 fully saturated rings. The molecule has 0 atom stereocenters. The van der Waals surface area contributed by atoms with Gasteiger partial charge in [0, 0.05) is 17.6 Å². The lowest BCUT2D eigenvalue weighted by Gasteiger charge is -2.03. The average Bonchev–Trinajstić information content (AvgIpc) is 2.55. The van der Waals surface area contributed by atoms with Crippen LogP contribution in [0, 0.1) is 0 Å². The highest BCUT2D eigenvalue weighted by molar-refractivity contribution is 6.30. The normalized spacial score (nSPS) is 10.6. The van der Waals surface area contributed by atoms with E-state index in [2.05, 4.69) is 5.32 Å². The Hall–Kier alpha value is -2.26. The second kappa shape index (κ2) is 8.25. The van der Waals surface area contributed by atoms with Gasteiger partial charge in [0.25, 0.3) is 0 Å². The van der Waals surface area contributed by atoms with Gasteiger partial charge in [0.2, 0.25) is 5.91 Å². The molecule has 0 bridgehead atoms. The average molecular weight is 316 g/mol. The van der Waals surface area contributed by atoms with Crippen LogP contribution in [0.1, 0.15) is 11.1 Å². The molecular formula is C18H18ClNO2. The van der Waals surface area contributed by atoms with E-state index >= 15 is 0 Å². The van der Waals surface area contributed by atoms with Gasteiger partial charge >= 0.3 is 0 Å². The first-order chi connectivity index (χ1) is 10.7. The second-order valence-corrected chi connectivity index (χ2v) is 5.21. The van der Waals surface area contributed by atoms with E-state index in [1.54, 1.807) is 13.2 Å². The number of carbonyl (C=O) groups is 1. The van der Waals surface area contributed by atoms with E-state index < -0.39 is 0 Å². The number of methoxy groups -OCH3 is 1. The van der Waals surface area contributed by atoms with Gasteiger partial charge in [-0.2, -0.15) is 0 Å². The summed E-state index contributed by atoms with van der Waals surface area (Å²) in [6, 6.07) is 15.1. The highest BCUT2D eigenvalue weighted by Crippen LogP contribution is 2.12. The molecule has 0 aliphatic rings. The molecule has 0 aliphatic carbocycles. The van der Waals surface area contributed by atoms with Gasteiger partial charge in [-0.1, -0.05) is 35.9 Å². The molecule has 2 rings (SSSR count). The lowest BCUT2D eigenvalue weighted by molar-refractivity contribution is -0.116. The quantitative estimate of drug-likeness (QED) is 0.825. The van der Waals surface area contributed by atoms with Crippen molar-refractivity contribution in [3.63, 3.8) is 0 Å². The first kappa shape index (κ1) is 16.1. The van der Waals surface area contributed by atoms with E-state index in [9.17, 15) is 4.79 Å². The summed E-state index contributed by atoms with van der Waals surface area (Å²) in [5, 5.41) is 3.57. The van der Waals surface area contributed by atoms with Crippen molar-refractivity contribution < 1.29 is 9.53 Å². The highest BCUT2D eigenvalue weighted by Gasteiger charge is 1.97. The van der Waals surface area contributed by atoms with Crippen LogP contribution in [-0.4, -0.2) is 19.6 Å². The minimum Gasteiger partial charge on any atom is -0.497 e. The van der Waals surface area contributed by atoms with Gasteiger partial charge in [-0.05, 0) is 47.9 Å². The number of halogens is 1. The minimum absolute atomic E-state index is 0.107. The summed E-state index contributed by atoms with van der Waals surface area (Å²) in [6.07, 6.45) is 4.08. The second-order valence-electron chi connectivity index (χ2n) is 4.77. The number of rotatable bonds is 6. The molecule has 0 radical (unpaired) electrons. The van der Waals surface area contributed by atoms with Crippen molar-refractivity contribution in [2.45, 2.75) is 6.42 Å². The van der Waals surface area contributed by atoms with Crippen LogP contribution in [0.25, 0.3) is 6.08 Å². The van der Waals surface area contributed by atoms with Crippen LogP contribution >= 0.6 is 11.6 Å². The highest BCUT2D eigenvalue weighted by atomic mass is 35.5. The maximum absolute atomic E-state index is 11.7. The predicted octanol–water partition coefficient (Wildman–Crippen LogP) is 3.72. The van der Waals surface area contributed by atoms with Gasteiger partial charge < -0.3 is 10.1 Å². The molecule has 2 aromatic rings. The standard InChI is InChI=1S/C18H18ClNO2/c1-22-17-9-4-14(5-10-17)6-11-18(21)20-13-12-15-2-7-16(19)8-3-15/h2-11H,12-13H2,1H3,(H,20,21). The molecule has 0 aromatic heterocycles. The number of benzene rings is 2. The number of ether oxygens (including phenoxy) is 1. The van der Waals surface area contributed by atoms with Crippen LogP contribution in [0.3, 0.4) is 0 Å². The Morgan fingerprint density at radius 3 is 2.45 bits per heavy atom. The maximum atomic E-state index is 11.7. The molecule has 3 nitrogen and oxygen atoms in total. The Morgan fingerprint density at radius 2 is 1.82 bits per heavy atom. The molecule has 0 spiro atoms. The van der Waals surface area contributed by atoms with Gasteiger partial charge in [0.1, 0.15) is 5.75 Å². The first-order valence-corrected chi connectivity index (χ1v) is 7.39. The van der Waals surface area contributed by atoms with E-state index in [4.69, 9.17) is 16.3 Å². The summed E-state index contributed by atoms with van der Waals surface area (Å²) in [4.78, 5) is 11.7. The zero-order chi connectivity index (χ0) is 15.8. The lowest BCUT2D eigenvalue weighted by Crippen LogP contribution is -2.23. The molecule has 2 aromatic carbocycles. The SMILES string of the molecule is COc1ccc(C=CC(=O)NCCc2ccc(Cl)cc2)cc1.